The third-order valence-electron chi connectivity index (χ3n) is 1.89. The molecule has 0 spiro atoms. The second kappa shape index (κ2) is 4.98. The van der Waals surface area contributed by atoms with Crippen molar-refractivity contribution in [1.82, 2.24) is 5.32 Å². The van der Waals surface area contributed by atoms with Crippen LogP contribution in [0.3, 0.4) is 0 Å². The zero-order valence-corrected chi connectivity index (χ0v) is 9.18. The van der Waals surface area contributed by atoms with Gasteiger partial charge >= 0.3 is 6.03 Å². The lowest BCUT2D eigenvalue weighted by Crippen LogP contribution is -2.31. The molecule has 1 heterocycles. The van der Waals surface area contributed by atoms with Crippen molar-refractivity contribution < 1.29 is 9.18 Å². The van der Waals surface area contributed by atoms with Crippen molar-refractivity contribution in [3.8, 4) is 0 Å². The van der Waals surface area contributed by atoms with Gasteiger partial charge in [0, 0.05) is 11.4 Å². The Morgan fingerprint density at radius 2 is 2.31 bits per heavy atom. The fourth-order valence-electron chi connectivity index (χ4n) is 1.24. The van der Waals surface area contributed by atoms with Gasteiger partial charge < -0.3 is 5.32 Å². The van der Waals surface area contributed by atoms with E-state index in [2.05, 4.69) is 15.6 Å². The SMILES string of the molecule is O=C(NC1=NCCS1)Nc1cccc(F)c1. The number of carbonyl (C=O) groups is 1. The standard InChI is InChI=1S/C10H10FN3OS/c11-7-2-1-3-8(6-7)13-9(15)14-10-12-4-5-16-10/h1-3,6H,4-5H2,(H2,12,13,14,15). The van der Waals surface area contributed by atoms with Crippen LogP contribution in [0.4, 0.5) is 14.9 Å². The first-order valence-electron chi connectivity index (χ1n) is 4.75. The van der Waals surface area contributed by atoms with Crippen LogP contribution in [0.5, 0.6) is 0 Å². The topological polar surface area (TPSA) is 53.5 Å². The van der Waals surface area contributed by atoms with Gasteiger partial charge in [-0.1, -0.05) is 17.8 Å². The normalized spacial score (nSPS) is 14.4. The molecule has 0 fully saturated rings. The molecule has 84 valence electrons. The first-order valence-corrected chi connectivity index (χ1v) is 5.73. The Balaban J connectivity index is 1.91. The van der Waals surface area contributed by atoms with Gasteiger partial charge in [-0.05, 0) is 18.2 Å². The van der Waals surface area contributed by atoms with E-state index in [1.165, 1.54) is 30.0 Å². The number of hydrogen-bond acceptors (Lipinski definition) is 3. The van der Waals surface area contributed by atoms with Gasteiger partial charge in [0.1, 0.15) is 5.82 Å². The molecule has 1 aliphatic heterocycles. The van der Waals surface area contributed by atoms with Gasteiger partial charge in [-0.25, -0.2) is 9.18 Å². The van der Waals surface area contributed by atoms with Gasteiger partial charge in [-0.2, -0.15) is 0 Å². The summed E-state index contributed by atoms with van der Waals surface area (Å²) in [6.07, 6.45) is 0. The molecule has 0 bridgehead atoms. The zero-order chi connectivity index (χ0) is 11.4. The van der Waals surface area contributed by atoms with Crippen LogP contribution in [0.1, 0.15) is 0 Å². The third kappa shape index (κ3) is 2.96. The van der Waals surface area contributed by atoms with Crippen molar-refractivity contribution in [2.45, 2.75) is 0 Å². The van der Waals surface area contributed by atoms with Gasteiger partial charge in [-0.15, -0.1) is 0 Å². The summed E-state index contributed by atoms with van der Waals surface area (Å²) in [5, 5.41) is 5.72. The van der Waals surface area contributed by atoms with Crippen LogP contribution in [-0.4, -0.2) is 23.5 Å². The quantitative estimate of drug-likeness (QED) is 0.788. The minimum Gasteiger partial charge on any atom is -0.308 e. The minimum atomic E-state index is -0.404. The largest absolute Gasteiger partial charge is 0.325 e. The average Bonchev–Trinajstić information content (AvgIpc) is 2.70. The number of nitrogens with one attached hydrogen (secondary N) is 2. The second-order valence-electron chi connectivity index (χ2n) is 3.12. The monoisotopic (exact) mass is 239 g/mol. The number of urea groups is 1. The van der Waals surface area contributed by atoms with Crippen molar-refractivity contribution in [3.05, 3.63) is 30.1 Å². The maximum absolute atomic E-state index is 12.8. The van der Waals surface area contributed by atoms with Crippen molar-refractivity contribution in [2.24, 2.45) is 4.99 Å². The number of anilines is 1. The van der Waals surface area contributed by atoms with Gasteiger partial charge in [-0.3, -0.25) is 10.3 Å². The Hall–Kier alpha value is -1.56. The molecule has 2 N–H and O–H groups in total. The number of carbonyl (C=O) groups excluding carboxylic acids is 1. The summed E-state index contributed by atoms with van der Waals surface area (Å²) < 4.78 is 12.8. The first-order chi connectivity index (χ1) is 7.74. The molecule has 0 saturated heterocycles. The molecule has 1 aromatic carbocycles. The molecule has 4 nitrogen and oxygen atoms in total. The van der Waals surface area contributed by atoms with Crippen molar-refractivity contribution in [1.29, 1.82) is 0 Å². The summed E-state index contributed by atoms with van der Waals surface area (Å²) in [6, 6.07) is 5.32. The van der Waals surface area contributed by atoms with Gasteiger partial charge in [0.05, 0.1) is 6.54 Å². The van der Waals surface area contributed by atoms with Crippen LogP contribution < -0.4 is 10.6 Å². The smallest absolute Gasteiger partial charge is 0.308 e. The molecule has 0 radical (unpaired) electrons. The molecular formula is C10H10FN3OS. The van der Waals surface area contributed by atoms with E-state index in [0.29, 0.717) is 10.9 Å². The summed E-state index contributed by atoms with van der Waals surface area (Å²) in [4.78, 5) is 15.5. The molecule has 1 aromatic rings. The molecule has 1 aliphatic rings. The zero-order valence-electron chi connectivity index (χ0n) is 8.37. The number of amidine groups is 1. The molecule has 0 unspecified atom stereocenters. The summed E-state index contributed by atoms with van der Waals surface area (Å²) >= 11 is 1.49. The number of benzene rings is 1. The molecule has 2 amide bonds. The Morgan fingerprint density at radius 3 is 3.00 bits per heavy atom. The van der Waals surface area contributed by atoms with E-state index in [1.807, 2.05) is 0 Å². The highest BCUT2D eigenvalue weighted by molar-refractivity contribution is 8.14. The Morgan fingerprint density at radius 1 is 1.44 bits per heavy atom. The fourth-order valence-corrected chi connectivity index (χ4v) is 1.96. The van der Waals surface area contributed by atoms with E-state index >= 15 is 0 Å². The van der Waals surface area contributed by atoms with E-state index in [1.54, 1.807) is 6.07 Å². The number of rotatable bonds is 1. The molecule has 6 heteroatoms. The van der Waals surface area contributed by atoms with Crippen LogP contribution in [0.25, 0.3) is 0 Å². The minimum absolute atomic E-state index is 0.384. The van der Waals surface area contributed by atoms with E-state index in [4.69, 9.17) is 0 Å². The average molecular weight is 239 g/mol. The van der Waals surface area contributed by atoms with Crippen LogP contribution in [-0.2, 0) is 0 Å². The lowest BCUT2D eigenvalue weighted by Gasteiger charge is -2.06. The number of nitrogens with zero attached hydrogens (tertiary/aromatic N) is 1. The van der Waals surface area contributed by atoms with Gasteiger partial charge in [0.2, 0.25) is 0 Å². The van der Waals surface area contributed by atoms with Gasteiger partial charge in [0.25, 0.3) is 0 Å². The van der Waals surface area contributed by atoms with Gasteiger partial charge in [0.15, 0.2) is 5.17 Å². The van der Waals surface area contributed by atoms with Crippen LogP contribution in [0.15, 0.2) is 29.3 Å². The predicted molar refractivity (Wildman–Crippen MR) is 63.3 cm³/mol. The summed E-state index contributed by atoms with van der Waals surface area (Å²) in [7, 11) is 0. The van der Waals surface area contributed by atoms with E-state index in [9.17, 15) is 9.18 Å². The van der Waals surface area contributed by atoms with Crippen molar-refractivity contribution >= 4 is 28.6 Å². The molecular weight excluding hydrogens is 229 g/mol. The Bertz CT molecular complexity index is 436. The Labute approximate surface area is 96.3 Å². The number of halogens is 1. The van der Waals surface area contributed by atoms with E-state index in [-0.39, 0.29) is 5.82 Å². The summed E-state index contributed by atoms with van der Waals surface area (Å²) in [6.45, 7) is 0.722. The highest BCUT2D eigenvalue weighted by Gasteiger charge is 2.10. The summed E-state index contributed by atoms with van der Waals surface area (Å²) in [5.41, 5.74) is 0.418. The number of amides is 2. The van der Waals surface area contributed by atoms with E-state index in [0.717, 1.165) is 12.3 Å². The molecule has 16 heavy (non-hydrogen) atoms. The summed E-state index contributed by atoms with van der Waals surface area (Å²) in [5.74, 6) is 0.501. The van der Waals surface area contributed by atoms with E-state index < -0.39 is 6.03 Å². The fraction of sp³-hybridized carbons (Fsp3) is 0.200. The Kier molecular flexibility index (Phi) is 3.40. The van der Waals surface area contributed by atoms with Crippen LogP contribution in [0.2, 0.25) is 0 Å². The highest BCUT2D eigenvalue weighted by Crippen LogP contribution is 2.11. The molecule has 0 aromatic heterocycles. The second-order valence-corrected chi connectivity index (χ2v) is 4.21. The van der Waals surface area contributed by atoms with Crippen LogP contribution >= 0.6 is 11.8 Å². The van der Waals surface area contributed by atoms with Crippen LogP contribution in [0, 0.1) is 5.82 Å². The number of thioether (sulfide) groups is 1. The van der Waals surface area contributed by atoms with Crippen molar-refractivity contribution in [3.63, 3.8) is 0 Å². The predicted octanol–water partition coefficient (Wildman–Crippen LogP) is 2.05. The first kappa shape index (κ1) is 10.9. The maximum Gasteiger partial charge on any atom is 0.325 e. The lowest BCUT2D eigenvalue weighted by molar-refractivity contribution is 0.256. The third-order valence-corrected chi connectivity index (χ3v) is 2.78. The maximum atomic E-state index is 12.8. The highest BCUT2D eigenvalue weighted by atomic mass is 32.2. The van der Waals surface area contributed by atoms with Crippen molar-refractivity contribution in [2.75, 3.05) is 17.6 Å². The molecule has 0 atom stereocenters. The molecule has 0 saturated carbocycles. The number of hydrogen-bond donors (Lipinski definition) is 2. The molecule has 2 rings (SSSR count). The number of aliphatic imine (C=N–C) groups is 1. The lowest BCUT2D eigenvalue weighted by atomic mass is 10.3. The molecule has 0 aliphatic carbocycles.